The second-order valence-electron chi connectivity index (χ2n) is 2.77. The zero-order valence-electron chi connectivity index (χ0n) is 7.41. The number of carbonyl (C=O) groups is 1. The van der Waals surface area contributed by atoms with Gasteiger partial charge in [0.1, 0.15) is 5.75 Å². The molecular weight excluding hydrogens is 200 g/mol. The van der Waals surface area contributed by atoms with Gasteiger partial charge in [-0.2, -0.15) is 0 Å². The number of nitrogens with zero attached hydrogens (tertiary/aromatic N) is 2. The number of aromatic nitrogens is 2. The normalized spacial score (nSPS) is 10.1. The number of aromatic carboxylic acids is 1. The van der Waals surface area contributed by atoms with Crippen LogP contribution in [0.3, 0.4) is 0 Å². The van der Waals surface area contributed by atoms with Gasteiger partial charge in [0.05, 0.1) is 6.20 Å². The molecule has 0 saturated heterocycles. The van der Waals surface area contributed by atoms with Gasteiger partial charge in [-0.05, 0) is 6.07 Å². The summed E-state index contributed by atoms with van der Waals surface area (Å²) in [7, 11) is 0. The lowest BCUT2D eigenvalue weighted by molar-refractivity contribution is 0.0687. The summed E-state index contributed by atoms with van der Waals surface area (Å²) >= 11 is 0. The molecule has 2 N–H and O–H groups in total. The Hall–Kier alpha value is -2.37. The second kappa shape index (κ2) is 3.41. The first-order chi connectivity index (χ1) is 7.18. The average molecular weight is 206 g/mol. The molecule has 0 fully saturated rings. The van der Waals surface area contributed by atoms with Crippen LogP contribution in [0.2, 0.25) is 0 Å². The van der Waals surface area contributed by atoms with Crippen molar-refractivity contribution in [2.75, 3.05) is 0 Å². The Kier molecular flexibility index (Phi) is 2.09. The van der Waals surface area contributed by atoms with Crippen molar-refractivity contribution in [2.24, 2.45) is 0 Å². The third-order valence-electron chi connectivity index (χ3n) is 1.79. The minimum atomic E-state index is -1.28. The van der Waals surface area contributed by atoms with Gasteiger partial charge in [-0.1, -0.05) is 5.16 Å². The van der Waals surface area contributed by atoms with Crippen LogP contribution in [-0.4, -0.2) is 26.3 Å². The lowest BCUT2D eigenvalue weighted by atomic mass is 10.2. The lowest BCUT2D eigenvalue weighted by Crippen LogP contribution is -2.00. The fourth-order valence-electron chi connectivity index (χ4n) is 1.12. The van der Waals surface area contributed by atoms with Crippen molar-refractivity contribution in [2.45, 2.75) is 0 Å². The predicted octanol–water partition coefficient (Wildman–Crippen LogP) is 1.14. The lowest BCUT2D eigenvalue weighted by Gasteiger charge is -1.99. The highest BCUT2D eigenvalue weighted by atomic mass is 16.5. The van der Waals surface area contributed by atoms with Crippen LogP contribution >= 0.6 is 0 Å². The first-order valence-corrected chi connectivity index (χ1v) is 4.02. The molecule has 2 aromatic heterocycles. The topological polar surface area (TPSA) is 96.5 Å². The fourth-order valence-corrected chi connectivity index (χ4v) is 1.12. The van der Waals surface area contributed by atoms with Crippen LogP contribution in [0.1, 0.15) is 10.5 Å². The molecule has 0 aliphatic rings. The molecule has 2 rings (SSSR count). The molecule has 0 unspecified atom stereocenters. The summed E-state index contributed by atoms with van der Waals surface area (Å²) in [5.41, 5.74) is 0.0771. The Balaban J connectivity index is 2.47. The maximum atomic E-state index is 10.6. The van der Waals surface area contributed by atoms with E-state index in [1.807, 2.05) is 0 Å². The minimum Gasteiger partial charge on any atom is -0.505 e. The maximum absolute atomic E-state index is 10.6. The standard InChI is InChI=1S/C9H6N2O4/c12-6-3-5(7-1-2-11-15-7)4-10-8(6)9(13)14/h1-4,12H,(H,13,14). The van der Waals surface area contributed by atoms with Crippen LogP contribution in [0.4, 0.5) is 0 Å². The molecule has 2 heterocycles. The number of pyridine rings is 1. The predicted molar refractivity (Wildman–Crippen MR) is 48.4 cm³/mol. The van der Waals surface area contributed by atoms with Crippen molar-refractivity contribution in [3.05, 3.63) is 30.2 Å². The van der Waals surface area contributed by atoms with Crippen molar-refractivity contribution in [3.8, 4) is 17.1 Å². The van der Waals surface area contributed by atoms with Gasteiger partial charge in [0, 0.05) is 17.8 Å². The summed E-state index contributed by atoms with van der Waals surface area (Å²) < 4.78 is 4.83. The van der Waals surface area contributed by atoms with E-state index in [0.717, 1.165) is 0 Å². The largest absolute Gasteiger partial charge is 0.505 e. The maximum Gasteiger partial charge on any atom is 0.358 e. The van der Waals surface area contributed by atoms with Crippen LogP contribution in [0.5, 0.6) is 5.75 Å². The molecule has 0 aliphatic heterocycles. The van der Waals surface area contributed by atoms with E-state index in [0.29, 0.717) is 11.3 Å². The summed E-state index contributed by atoms with van der Waals surface area (Å²) in [6.45, 7) is 0. The van der Waals surface area contributed by atoms with Gasteiger partial charge in [-0.3, -0.25) is 0 Å². The van der Waals surface area contributed by atoms with Crippen LogP contribution in [0.25, 0.3) is 11.3 Å². The summed E-state index contributed by atoms with van der Waals surface area (Å²) in [5.74, 6) is -1.28. The SMILES string of the molecule is O=C(O)c1ncc(-c2ccno2)cc1O. The first kappa shape index (κ1) is 9.20. The van der Waals surface area contributed by atoms with E-state index in [4.69, 9.17) is 9.63 Å². The first-order valence-electron chi connectivity index (χ1n) is 4.02. The highest BCUT2D eigenvalue weighted by Gasteiger charge is 2.13. The van der Waals surface area contributed by atoms with Crippen LogP contribution in [0, 0.1) is 0 Å². The highest BCUT2D eigenvalue weighted by Crippen LogP contribution is 2.23. The molecule has 0 aliphatic carbocycles. The average Bonchev–Trinajstić information content (AvgIpc) is 2.69. The van der Waals surface area contributed by atoms with Gasteiger partial charge >= 0.3 is 5.97 Å². The Labute approximate surface area is 83.8 Å². The van der Waals surface area contributed by atoms with E-state index in [1.165, 1.54) is 18.5 Å². The quantitative estimate of drug-likeness (QED) is 0.764. The van der Waals surface area contributed by atoms with Crippen molar-refractivity contribution in [1.29, 1.82) is 0 Å². The number of hydrogen-bond acceptors (Lipinski definition) is 5. The molecule has 6 heteroatoms. The Bertz CT molecular complexity index is 493. The van der Waals surface area contributed by atoms with Crippen LogP contribution < -0.4 is 0 Å². The van der Waals surface area contributed by atoms with Crippen molar-refractivity contribution in [3.63, 3.8) is 0 Å². The van der Waals surface area contributed by atoms with Crippen molar-refractivity contribution < 1.29 is 19.5 Å². The Morgan fingerprint density at radius 1 is 1.47 bits per heavy atom. The molecule has 76 valence electrons. The van der Waals surface area contributed by atoms with Gasteiger partial charge in [0.2, 0.25) is 0 Å². The van der Waals surface area contributed by atoms with Gasteiger partial charge in [-0.25, -0.2) is 9.78 Å². The van der Waals surface area contributed by atoms with Crippen molar-refractivity contribution >= 4 is 5.97 Å². The smallest absolute Gasteiger partial charge is 0.358 e. The van der Waals surface area contributed by atoms with E-state index in [1.54, 1.807) is 6.07 Å². The molecular formula is C9H6N2O4. The van der Waals surface area contributed by atoms with E-state index in [9.17, 15) is 9.90 Å². The van der Waals surface area contributed by atoms with E-state index in [-0.39, 0.29) is 0 Å². The van der Waals surface area contributed by atoms with Gasteiger partial charge in [-0.15, -0.1) is 0 Å². The molecule has 0 spiro atoms. The third kappa shape index (κ3) is 1.64. The molecule has 0 aromatic carbocycles. The van der Waals surface area contributed by atoms with Crippen LogP contribution in [-0.2, 0) is 0 Å². The van der Waals surface area contributed by atoms with E-state index >= 15 is 0 Å². The van der Waals surface area contributed by atoms with Crippen LogP contribution in [0.15, 0.2) is 29.0 Å². The molecule has 0 atom stereocenters. The molecule has 0 radical (unpaired) electrons. The Morgan fingerprint density at radius 2 is 2.27 bits per heavy atom. The molecule has 2 aromatic rings. The zero-order valence-corrected chi connectivity index (χ0v) is 7.41. The Morgan fingerprint density at radius 3 is 2.80 bits per heavy atom. The minimum absolute atomic E-state index is 0.390. The summed E-state index contributed by atoms with van der Waals surface area (Å²) in [6.07, 6.45) is 2.74. The number of carboxylic acid groups (broad SMARTS) is 1. The van der Waals surface area contributed by atoms with Gasteiger partial charge < -0.3 is 14.7 Å². The second-order valence-corrected chi connectivity index (χ2v) is 2.77. The van der Waals surface area contributed by atoms with Crippen molar-refractivity contribution in [1.82, 2.24) is 10.1 Å². The fraction of sp³-hybridized carbons (Fsp3) is 0. The highest BCUT2D eigenvalue weighted by molar-refractivity contribution is 5.89. The van der Waals surface area contributed by atoms with Gasteiger partial charge in [0.25, 0.3) is 0 Å². The zero-order chi connectivity index (χ0) is 10.8. The molecule has 6 nitrogen and oxygen atoms in total. The molecule has 0 saturated carbocycles. The number of rotatable bonds is 2. The monoisotopic (exact) mass is 206 g/mol. The number of hydrogen-bond donors (Lipinski definition) is 2. The van der Waals surface area contributed by atoms with E-state index in [2.05, 4.69) is 10.1 Å². The summed E-state index contributed by atoms with van der Waals surface area (Å²) in [4.78, 5) is 14.2. The molecule has 0 bridgehead atoms. The number of aromatic hydroxyl groups is 1. The van der Waals surface area contributed by atoms with Gasteiger partial charge in [0.15, 0.2) is 11.5 Å². The summed E-state index contributed by atoms with van der Waals surface area (Å²) in [6, 6.07) is 2.84. The molecule has 15 heavy (non-hydrogen) atoms. The molecule has 0 amide bonds. The summed E-state index contributed by atoms with van der Waals surface area (Å²) in [5, 5.41) is 21.5. The number of carboxylic acids is 1. The van der Waals surface area contributed by atoms with E-state index < -0.39 is 17.4 Å². The third-order valence-corrected chi connectivity index (χ3v) is 1.79.